The molecule has 1 heterocycles. The van der Waals surface area contributed by atoms with E-state index in [2.05, 4.69) is 10.3 Å². The van der Waals surface area contributed by atoms with Crippen LogP contribution in [0, 0.1) is 0 Å². The minimum Gasteiger partial charge on any atom is -0.484 e. The molecule has 0 saturated carbocycles. The lowest BCUT2D eigenvalue weighted by Crippen LogP contribution is -2.20. The number of pyridine rings is 1. The van der Waals surface area contributed by atoms with Crippen LogP contribution in [0.2, 0.25) is 5.02 Å². The largest absolute Gasteiger partial charge is 0.484 e. The molecule has 3 aromatic rings. The van der Waals surface area contributed by atoms with E-state index in [1.165, 1.54) is 0 Å². The van der Waals surface area contributed by atoms with Crippen LogP contribution < -0.4 is 10.1 Å². The maximum atomic E-state index is 12.1. The fourth-order valence-electron chi connectivity index (χ4n) is 2.25. The van der Waals surface area contributed by atoms with Crippen LogP contribution in [0.5, 0.6) is 5.75 Å². The molecule has 0 saturated heterocycles. The number of carbonyl (C=O) groups excluding carboxylic acids is 1. The van der Waals surface area contributed by atoms with E-state index in [0.29, 0.717) is 16.5 Å². The molecular formula is C21H17ClN2O2. The van der Waals surface area contributed by atoms with E-state index in [1.807, 2.05) is 54.6 Å². The molecule has 1 amide bonds. The number of amides is 1. The van der Waals surface area contributed by atoms with Crippen molar-refractivity contribution in [2.24, 2.45) is 0 Å². The predicted molar refractivity (Wildman–Crippen MR) is 105 cm³/mol. The number of nitrogens with zero attached hydrogens (tertiary/aromatic N) is 1. The summed E-state index contributed by atoms with van der Waals surface area (Å²) < 4.78 is 5.44. The molecule has 26 heavy (non-hydrogen) atoms. The standard InChI is InChI=1S/C21H17ClN2O2/c22-17-8-11-20(12-9-17)26-15-21(25)24-19-6-3-4-16(14-19)7-10-18-5-1-2-13-23-18/h1-14H,15H2,(H,24,25)/b10-7+. The van der Waals surface area contributed by atoms with Gasteiger partial charge in [0.05, 0.1) is 5.69 Å². The number of anilines is 1. The molecule has 0 aliphatic carbocycles. The first kappa shape index (κ1) is 17.7. The van der Waals surface area contributed by atoms with Gasteiger partial charge in [0.25, 0.3) is 5.91 Å². The molecule has 2 aromatic carbocycles. The van der Waals surface area contributed by atoms with Crippen molar-refractivity contribution >= 4 is 35.3 Å². The molecule has 0 spiro atoms. The van der Waals surface area contributed by atoms with Crippen LogP contribution in [0.25, 0.3) is 12.2 Å². The highest BCUT2D eigenvalue weighted by atomic mass is 35.5. The van der Waals surface area contributed by atoms with Crippen LogP contribution in [-0.4, -0.2) is 17.5 Å². The monoisotopic (exact) mass is 364 g/mol. The van der Waals surface area contributed by atoms with Crippen LogP contribution in [0.15, 0.2) is 72.9 Å². The number of rotatable bonds is 6. The SMILES string of the molecule is O=C(COc1ccc(Cl)cc1)Nc1cccc(/C=C/c2ccccn2)c1. The Morgan fingerprint density at radius 1 is 1.04 bits per heavy atom. The van der Waals surface area contributed by atoms with Crippen LogP contribution in [0.1, 0.15) is 11.3 Å². The van der Waals surface area contributed by atoms with E-state index in [-0.39, 0.29) is 12.5 Å². The Morgan fingerprint density at radius 3 is 2.65 bits per heavy atom. The Balaban J connectivity index is 1.56. The zero-order valence-corrected chi connectivity index (χ0v) is 14.7. The second kappa shape index (κ2) is 8.83. The van der Waals surface area contributed by atoms with Gasteiger partial charge in [0, 0.05) is 16.9 Å². The highest BCUT2D eigenvalue weighted by Gasteiger charge is 2.04. The Hall–Kier alpha value is -3.11. The van der Waals surface area contributed by atoms with Crippen LogP contribution in [0.4, 0.5) is 5.69 Å². The summed E-state index contributed by atoms with van der Waals surface area (Å²) in [6.45, 7) is -0.0738. The van der Waals surface area contributed by atoms with Gasteiger partial charge in [0.2, 0.25) is 0 Å². The second-order valence-corrected chi connectivity index (χ2v) is 5.94. The third-order valence-corrected chi connectivity index (χ3v) is 3.74. The average Bonchev–Trinajstić information content (AvgIpc) is 2.67. The minimum atomic E-state index is -0.231. The summed E-state index contributed by atoms with van der Waals surface area (Å²) in [6.07, 6.45) is 5.61. The molecule has 0 unspecified atom stereocenters. The number of halogens is 1. The van der Waals surface area contributed by atoms with Crippen molar-refractivity contribution in [1.82, 2.24) is 4.98 Å². The first-order chi connectivity index (χ1) is 12.7. The number of aromatic nitrogens is 1. The third kappa shape index (κ3) is 5.46. The number of ether oxygens (including phenoxy) is 1. The molecule has 0 radical (unpaired) electrons. The lowest BCUT2D eigenvalue weighted by atomic mass is 10.1. The summed E-state index contributed by atoms with van der Waals surface area (Å²) in [6, 6.07) is 20.2. The fourth-order valence-corrected chi connectivity index (χ4v) is 2.38. The summed E-state index contributed by atoms with van der Waals surface area (Å²) in [5.74, 6) is 0.363. The van der Waals surface area contributed by atoms with E-state index in [9.17, 15) is 4.79 Å². The lowest BCUT2D eigenvalue weighted by molar-refractivity contribution is -0.118. The van der Waals surface area contributed by atoms with Crippen LogP contribution >= 0.6 is 11.6 Å². The maximum absolute atomic E-state index is 12.1. The van der Waals surface area contributed by atoms with E-state index >= 15 is 0 Å². The van der Waals surface area contributed by atoms with Gasteiger partial charge in [-0.25, -0.2) is 0 Å². The highest BCUT2D eigenvalue weighted by molar-refractivity contribution is 6.30. The molecule has 3 rings (SSSR count). The molecule has 1 aromatic heterocycles. The molecule has 0 bridgehead atoms. The number of carbonyl (C=O) groups is 1. The van der Waals surface area contributed by atoms with Gasteiger partial charge in [-0.3, -0.25) is 9.78 Å². The fraction of sp³-hybridized carbons (Fsp3) is 0.0476. The number of benzene rings is 2. The van der Waals surface area contributed by atoms with Gasteiger partial charge in [-0.05, 0) is 60.2 Å². The molecule has 1 N–H and O–H groups in total. The minimum absolute atomic E-state index is 0.0738. The zero-order chi connectivity index (χ0) is 18.2. The van der Waals surface area contributed by atoms with Crippen molar-refractivity contribution in [3.05, 3.63) is 89.2 Å². The van der Waals surface area contributed by atoms with Gasteiger partial charge >= 0.3 is 0 Å². The first-order valence-corrected chi connectivity index (χ1v) is 8.44. The number of hydrogen-bond donors (Lipinski definition) is 1. The molecule has 0 aliphatic rings. The van der Waals surface area contributed by atoms with Crippen molar-refractivity contribution in [2.75, 3.05) is 11.9 Å². The molecule has 130 valence electrons. The number of nitrogens with one attached hydrogen (secondary N) is 1. The Morgan fingerprint density at radius 2 is 1.88 bits per heavy atom. The lowest BCUT2D eigenvalue weighted by Gasteiger charge is -2.08. The molecule has 0 fully saturated rings. The molecular weight excluding hydrogens is 348 g/mol. The van der Waals surface area contributed by atoms with E-state index in [1.54, 1.807) is 30.5 Å². The Labute approximate surface area is 157 Å². The van der Waals surface area contributed by atoms with Crippen LogP contribution in [-0.2, 0) is 4.79 Å². The summed E-state index contributed by atoms with van der Waals surface area (Å²) in [5, 5.41) is 3.45. The van der Waals surface area contributed by atoms with Gasteiger partial charge < -0.3 is 10.1 Å². The Kier molecular flexibility index (Phi) is 6.01. The number of hydrogen-bond acceptors (Lipinski definition) is 3. The van der Waals surface area contributed by atoms with Crippen molar-refractivity contribution in [3.63, 3.8) is 0 Å². The van der Waals surface area contributed by atoms with Gasteiger partial charge in [-0.1, -0.05) is 35.9 Å². The second-order valence-electron chi connectivity index (χ2n) is 5.50. The molecule has 4 nitrogen and oxygen atoms in total. The van der Waals surface area contributed by atoms with Gasteiger partial charge in [0.1, 0.15) is 5.75 Å². The zero-order valence-electron chi connectivity index (χ0n) is 13.9. The summed E-state index contributed by atoms with van der Waals surface area (Å²) in [4.78, 5) is 16.3. The van der Waals surface area contributed by atoms with Crippen LogP contribution in [0.3, 0.4) is 0 Å². The average molecular weight is 365 g/mol. The molecule has 5 heteroatoms. The predicted octanol–water partition coefficient (Wildman–Crippen LogP) is 4.92. The smallest absolute Gasteiger partial charge is 0.262 e. The van der Waals surface area contributed by atoms with E-state index in [4.69, 9.17) is 16.3 Å². The van der Waals surface area contributed by atoms with Crippen molar-refractivity contribution in [1.29, 1.82) is 0 Å². The van der Waals surface area contributed by atoms with Crippen molar-refractivity contribution in [2.45, 2.75) is 0 Å². The van der Waals surface area contributed by atoms with E-state index in [0.717, 1.165) is 11.3 Å². The Bertz CT molecular complexity index is 893. The quantitative estimate of drug-likeness (QED) is 0.675. The summed E-state index contributed by atoms with van der Waals surface area (Å²) >= 11 is 5.82. The van der Waals surface area contributed by atoms with Gasteiger partial charge in [-0.2, -0.15) is 0 Å². The summed E-state index contributed by atoms with van der Waals surface area (Å²) in [5.41, 5.74) is 2.54. The summed E-state index contributed by atoms with van der Waals surface area (Å²) in [7, 11) is 0. The van der Waals surface area contributed by atoms with Crippen molar-refractivity contribution < 1.29 is 9.53 Å². The highest BCUT2D eigenvalue weighted by Crippen LogP contribution is 2.16. The normalized spacial score (nSPS) is 10.7. The van der Waals surface area contributed by atoms with E-state index < -0.39 is 0 Å². The van der Waals surface area contributed by atoms with Gasteiger partial charge in [0.15, 0.2) is 6.61 Å². The van der Waals surface area contributed by atoms with Crippen molar-refractivity contribution in [3.8, 4) is 5.75 Å². The van der Waals surface area contributed by atoms with Gasteiger partial charge in [-0.15, -0.1) is 0 Å². The molecule has 0 aliphatic heterocycles. The maximum Gasteiger partial charge on any atom is 0.262 e. The first-order valence-electron chi connectivity index (χ1n) is 8.06. The molecule has 0 atom stereocenters. The third-order valence-electron chi connectivity index (χ3n) is 3.49. The topological polar surface area (TPSA) is 51.2 Å².